The Morgan fingerprint density at radius 1 is 1.50 bits per heavy atom. The van der Waals surface area contributed by atoms with Gasteiger partial charge in [0.2, 0.25) is 0 Å². The van der Waals surface area contributed by atoms with Gasteiger partial charge in [0.15, 0.2) is 5.96 Å². The number of nitrogens with zero attached hydrogens (tertiary/aromatic N) is 1. The van der Waals surface area contributed by atoms with Gasteiger partial charge in [-0.15, -0.1) is 0 Å². The van der Waals surface area contributed by atoms with Crippen molar-refractivity contribution in [1.82, 2.24) is 0 Å². The number of guanidine groups is 1. The molecule has 1 heterocycles. The lowest BCUT2D eigenvalue weighted by Crippen LogP contribution is -2.23. The Hall–Kier alpha value is -0.850. The van der Waals surface area contributed by atoms with E-state index in [0.717, 1.165) is 26.2 Å². The number of aliphatic imine (C=N–C) groups is 1. The van der Waals surface area contributed by atoms with E-state index in [1.54, 1.807) is 0 Å². The zero-order valence-corrected chi connectivity index (χ0v) is 8.35. The smallest absolute Gasteiger partial charge is 0.185 e. The molecule has 0 aromatic heterocycles. The minimum Gasteiger partial charge on any atom is -0.394 e. The fourth-order valence-electron chi connectivity index (χ4n) is 0.948. The Morgan fingerprint density at radius 3 is 2.43 bits per heavy atom. The normalized spacial score (nSPS) is 19.7. The van der Waals surface area contributed by atoms with Crippen molar-refractivity contribution in [2.75, 3.05) is 32.9 Å². The zero-order valence-electron chi connectivity index (χ0n) is 8.35. The molecular weight excluding hydrogens is 184 g/mol. The van der Waals surface area contributed by atoms with Crippen molar-refractivity contribution in [3.05, 3.63) is 0 Å². The van der Waals surface area contributed by atoms with Crippen molar-refractivity contribution >= 4 is 5.96 Å². The Kier molecular flexibility index (Phi) is 8.20. The first-order chi connectivity index (χ1) is 6.70. The largest absolute Gasteiger partial charge is 0.394 e. The summed E-state index contributed by atoms with van der Waals surface area (Å²) in [5, 5.41) is 8.10. The average Bonchev–Trinajstić information content (AvgIpc) is 2.68. The van der Waals surface area contributed by atoms with E-state index in [9.17, 15) is 0 Å². The summed E-state index contributed by atoms with van der Waals surface area (Å²) in [5.74, 6) is 0.675. The van der Waals surface area contributed by atoms with Gasteiger partial charge >= 0.3 is 0 Å². The Labute approximate surface area is 84.1 Å². The number of nitrogens with two attached hydrogens (primary N) is 3. The molecule has 1 fully saturated rings. The van der Waals surface area contributed by atoms with Crippen molar-refractivity contribution in [3.63, 3.8) is 0 Å². The van der Waals surface area contributed by atoms with Crippen LogP contribution in [0.25, 0.3) is 0 Å². The summed E-state index contributed by atoms with van der Waals surface area (Å²) < 4.78 is 5.07. The van der Waals surface area contributed by atoms with Crippen molar-refractivity contribution < 1.29 is 9.84 Å². The highest BCUT2D eigenvalue weighted by molar-refractivity contribution is 5.75. The third-order valence-corrected chi connectivity index (χ3v) is 1.75. The van der Waals surface area contributed by atoms with E-state index in [4.69, 9.17) is 27.0 Å². The topological polar surface area (TPSA) is 120 Å². The van der Waals surface area contributed by atoms with Crippen LogP contribution in [0.4, 0.5) is 0 Å². The van der Waals surface area contributed by atoms with Crippen LogP contribution in [0.5, 0.6) is 0 Å². The van der Waals surface area contributed by atoms with E-state index in [-0.39, 0.29) is 12.6 Å². The van der Waals surface area contributed by atoms with E-state index in [1.807, 2.05) is 0 Å². The second-order valence-corrected chi connectivity index (χ2v) is 3.00. The highest BCUT2D eigenvalue weighted by Gasteiger charge is 2.12. The Morgan fingerprint density at radius 2 is 2.21 bits per heavy atom. The molecule has 0 aromatic rings. The summed E-state index contributed by atoms with van der Waals surface area (Å²) in [5.41, 5.74) is 15.1. The van der Waals surface area contributed by atoms with Crippen LogP contribution in [0.15, 0.2) is 4.99 Å². The molecule has 0 aromatic carbocycles. The predicted molar refractivity (Wildman–Crippen MR) is 55.7 cm³/mol. The molecule has 1 unspecified atom stereocenters. The summed E-state index contributed by atoms with van der Waals surface area (Å²) in [6.45, 7) is 2.89. The molecular formula is C8H20N4O2. The van der Waals surface area contributed by atoms with Gasteiger partial charge in [-0.1, -0.05) is 0 Å². The number of rotatable bonds is 3. The lowest BCUT2D eigenvalue weighted by molar-refractivity contribution is 0.187. The molecule has 1 rings (SSSR count). The van der Waals surface area contributed by atoms with Gasteiger partial charge in [0, 0.05) is 6.61 Å². The summed E-state index contributed by atoms with van der Waals surface area (Å²) in [6, 6.07) is 0. The lowest BCUT2D eigenvalue weighted by Gasteiger charge is -1.97. The highest BCUT2D eigenvalue weighted by atomic mass is 16.5. The van der Waals surface area contributed by atoms with Gasteiger partial charge in [0.25, 0.3) is 0 Å². The fourth-order valence-corrected chi connectivity index (χ4v) is 0.948. The number of hydrogen-bond donors (Lipinski definition) is 4. The monoisotopic (exact) mass is 204 g/mol. The zero-order chi connectivity index (χ0) is 10.8. The lowest BCUT2D eigenvalue weighted by atomic mass is 10.1. The van der Waals surface area contributed by atoms with Crippen molar-refractivity contribution in [3.8, 4) is 0 Å². The summed E-state index contributed by atoms with van der Waals surface area (Å²) >= 11 is 0. The molecule has 14 heavy (non-hydrogen) atoms. The van der Waals surface area contributed by atoms with Gasteiger partial charge in [-0.25, -0.2) is 0 Å². The van der Waals surface area contributed by atoms with E-state index in [2.05, 4.69) is 4.99 Å². The maximum absolute atomic E-state index is 8.10. The maximum atomic E-state index is 8.10. The second-order valence-electron chi connectivity index (χ2n) is 3.00. The number of hydrogen-bond acceptors (Lipinski definition) is 4. The molecule has 0 aliphatic carbocycles. The molecule has 0 bridgehead atoms. The van der Waals surface area contributed by atoms with Crippen LogP contribution >= 0.6 is 0 Å². The molecule has 1 atom stereocenters. The van der Waals surface area contributed by atoms with Crippen LogP contribution < -0.4 is 17.2 Å². The summed E-state index contributed by atoms with van der Waals surface area (Å²) in [6.07, 6.45) is 1.16. The van der Waals surface area contributed by atoms with Crippen molar-refractivity contribution in [2.45, 2.75) is 6.42 Å². The van der Waals surface area contributed by atoms with Crippen molar-refractivity contribution in [1.29, 1.82) is 0 Å². The molecule has 0 spiro atoms. The minimum atomic E-state index is -0.00208. The quantitative estimate of drug-likeness (QED) is 0.320. The Bertz CT molecular complexity index is 153. The summed E-state index contributed by atoms with van der Waals surface area (Å²) in [7, 11) is 0. The molecule has 0 amide bonds. The third kappa shape index (κ3) is 7.78. The molecule has 0 saturated carbocycles. The van der Waals surface area contributed by atoms with Crippen LogP contribution in [0, 0.1) is 5.92 Å². The molecule has 7 N–H and O–H groups in total. The van der Waals surface area contributed by atoms with Gasteiger partial charge in [-0.3, -0.25) is 4.99 Å². The molecule has 1 aliphatic rings. The molecule has 0 radical (unpaired) electrons. The first kappa shape index (κ1) is 13.2. The molecule has 84 valence electrons. The van der Waals surface area contributed by atoms with Crippen molar-refractivity contribution in [2.24, 2.45) is 28.1 Å². The van der Waals surface area contributed by atoms with Gasteiger partial charge in [-0.2, -0.15) is 0 Å². The van der Waals surface area contributed by atoms with E-state index < -0.39 is 0 Å². The predicted octanol–water partition coefficient (Wildman–Crippen LogP) is -1.77. The van der Waals surface area contributed by atoms with Crippen LogP contribution in [0.1, 0.15) is 6.42 Å². The van der Waals surface area contributed by atoms with E-state index in [1.165, 1.54) is 0 Å². The summed E-state index contributed by atoms with van der Waals surface area (Å²) in [4.78, 5) is 3.47. The van der Waals surface area contributed by atoms with Gasteiger partial charge in [-0.05, 0) is 18.9 Å². The van der Waals surface area contributed by atoms with E-state index >= 15 is 0 Å². The second kappa shape index (κ2) is 8.74. The van der Waals surface area contributed by atoms with E-state index in [0.29, 0.717) is 12.5 Å². The van der Waals surface area contributed by atoms with Crippen LogP contribution in [0.3, 0.4) is 0 Å². The van der Waals surface area contributed by atoms with Gasteiger partial charge < -0.3 is 27.0 Å². The molecule has 6 heteroatoms. The number of aliphatic hydroxyl groups excluding tert-OH is 1. The first-order valence-corrected chi connectivity index (χ1v) is 4.64. The molecule has 1 saturated heterocycles. The fraction of sp³-hybridized carbons (Fsp3) is 0.875. The minimum absolute atomic E-state index is 0.00208. The van der Waals surface area contributed by atoms with Crippen LogP contribution in [-0.4, -0.2) is 44.0 Å². The van der Waals surface area contributed by atoms with Crippen LogP contribution in [-0.2, 0) is 4.74 Å². The highest BCUT2D eigenvalue weighted by Crippen LogP contribution is 2.08. The first-order valence-electron chi connectivity index (χ1n) is 4.64. The SMILES string of the molecule is NC(N)=NCCO.NCC1CCOC1. The van der Waals surface area contributed by atoms with Crippen LogP contribution in [0.2, 0.25) is 0 Å². The maximum Gasteiger partial charge on any atom is 0.185 e. The standard InChI is InChI=1S/C5H11NO.C3H9N3O/c6-3-5-1-2-7-4-5;4-3(5)6-1-2-7/h5H,1-4,6H2;7H,1-2H2,(H4,4,5,6). The third-order valence-electron chi connectivity index (χ3n) is 1.75. The Balaban J connectivity index is 0.000000241. The molecule has 1 aliphatic heterocycles. The molecule has 6 nitrogen and oxygen atoms in total. The van der Waals surface area contributed by atoms with Gasteiger partial charge in [0.1, 0.15) is 0 Å². The average molecular weight is 204 g/mol. The number of aliphatic hydroxyl groups is 1. The number of ether oxygens (including phenoxy) is 1. The van der Waals surface area contributed by atoms with Gasteiger partial charge in [0.05, 0.1) is 19.8 Å².